The lowest BCUT2D eigenvalue weighted by Crippen LogP contribution is -2.26. The van der Waals surface area contributed by atoms with Crippen LogP contribution in [0.5, 0.6) is 0 Å². The van der Waals surface area contributed by atoms with E-state index >= 15 is 0 Å². The molecule has 1 aromatic heterocycles. The summed E-state index contributed by atoms with van der Waals surface area (Å²) in [6.45, 7) is 8.44. The lowest BCUT2D eigenvalue weighted by Gasteiger charge is -2.24. The molecule has 1 atom stereocenters. The third-order valence-electron chi connectivity index (χ3n) is 3.47. The van der Waals surface area contributed by atoms with Crippen molar-refractivity contribution < 1.29 is 31.6 Å². The Morgan fingerprint density at radius 1 is 1.33 bits per heavy atom. The molecule has 1 rings (SSSR count). The maximum atomic E-state index is 12.1. The largest absolute Gasteiger partial charge is 0.450 e. The Morgan fingerprint density at radius 2 is 1.92 bits per heavy atom. The molecule has 0 saturated heterocycles. The second kappa shape index (κ2) is 7.03. The normalized spacial score (nSPS) is 16.3. The van der Waals surface area contributed by atoms with Gasteiger partial charge in [-0.25, -0.2) is 16.8 Å². The van der Waals surface area contributed by atoms with Gasteiger partial charge in [0.05, 0.1) is 0 Å². The highest BCUT2D eigenvalue weighted by Crippen LogP contribution is 2.24. The standard InChI is InChI=1S/C14H19NO7S2/c1-10(2)14(4,16)11(3)6-5-7-23(18,19)12-8-13(22-9-12)24(20,21)15-17/h5-9,15-17H,1H2,2-4H3/b7-5+,11-6+. The number of hydrogen-bond acceptors (Lipinski definition) is 7. The van der Waals surface area contributed by atoms with Crippen molar-refractivity contribution in [3.8, 4) is 0 Å². The van der Waals surface area contributed by atoms with Gasteiger partial charge >= 0.3 is 0 Å². The Kier molecular flexibility index (Phi) is 5.95. The molecule has 10 heteroatoms. The summed E-state index contributed by atoms with van der Waals surface area (Å²) in [4.78, 5) is 0.630. The molecule has 0 aliphatic carbocycles. The highest BCUT2D eigenvalue weighted by atomic mass is 32.2. The van der Waals surface area contributed by atoms with Crippen molar-refractivity contribution in [3.63, 3.8) is 0 Å². The molecule has 0 fully saturated rings. The van der Waals surface area contributed by atoms with E-state index in [1.54, 1.807) is 13.8 Å². The Balaban J connectivity index is 3.09. The average molecular weight is 377 g/mol. The Labute approximate surface area is 140 Å². The summed E-state index contributed by atoms with van der Waals surface area (Å²) in [6, 6.07) is 0.763. The van der Waals surface area contributed by atoms with E-state index in [2.05, 4.69) is 11.0 Å². The fourth-order valence-corrected chi connectivity index (χ4v) is 3.02. The van der Waals surface area contributed by atoms with Crippen molar-refractivity contribution in [3.05, 3.63) is 47.6 Å². The number of aliphatic hydroxyl groups is 1. The summed E-state index contributed by atoms with van der Waals surface area (Å²) in [5.41, 5.74) is -0.312. The van der Waals surface area contributed by atoms with Gasteiger partial charge in [0.25, 0.3) is 10.0 Å². The van der Waals surface area contributed by atoms with Gasteiger partial charge in [0.1, 0.15) is 16.8 Å². The number of allylic oxidation sites excluding steroid dienone is 2. The Morgan fingerprint density at radius 3 is 2.42 bits per heavy atom. The molecule has 24 heavy (non-hydrogen) atoms. The van der Waals surface area contributed by atoms with Crippen LogP contribution in [0.1, 0.15) is 20.8 Å². The van der Waals surface area contributed by atoms with Gasteiger partial charge in [-0.3, -0.25) is 0 Å². The van der Waals surface area contributed by atoms with E-state index < -0.39 is 35.4 Å². The van der Waals surface area contributed by atoms with Crippen molar-refractivity contribution in [2.75, 3.05) is 0 Å². The van der Waals surface area contributed by atoms with Crippen LogP contribution in [0.15, 0.2) is 62.0 Å². The number of rotatable bonds is 7. The average Bonchev–Trinajstić information content (AvgIpc) is 2.98. The molecular formula is C14H19NO7S2. The zero-order valence-corrected chi connectivity index (χ0v) is 15.0. The fraction of sp³-hybridized carbons (Fsp3) is 0.286. The first-order valence-electron chi connectivity index (χ1n) is 6.58. The Bertz CT molecular complexity index is 887. The minimum atomic E-state index is -4.30. The lowest BCUT2D eigenvalue weighted by molar-refractivity contribution is 0.138. The van der Waals surface area contributed by atoms with E-state index in [0.29, 0.717) is 11.1 Å². The fourth-order valence-electron chi connectivity index (χ4n) is 1.50. The summed E-state index contributed by atoms with van der Waals surface area (Å²) in [7, 11) is -8.27. The molecule has 8 nitrogen and oxygen atoms in total. The SMILES string of the molecule is C=C(C)C(C)(O)/C(C)=C/C=C/S(=O)(=O)c1coc(S(=O)(=O)NO)c1. The van der Waals surface area contributed by atoms with Crippen molar-refractivity contribution in [1.29, 1.82) is 0 Å². The molecule has 0 bridgehead atoms. The van der Waals surface area contributed by atoms with Crippen LogP contribution in [0.3, 0.4) is 0 Å². The number of furan rings is 1. The predicted octanol–water partition coefficient (Wildman–Crippen LogP) is 1.51. The van der Waals surface area contributed by atoms with Gasteiger partial charge in [0.2, 0.25) is 14.9 Å². The van der Waals surface area contributed by atoms with E-state index in [9.17, 15) is 21.9 Å². The van der Waals surface area contributed by atoms with E-state index in [0.717, 1.165) is 22.6 Å². The van der Waals surface area contributed by atoms with Gasteiger partial charge in [-0.05, 0) is 31.9 Å². The second-order valence-electron chi connectivity index (χ2n) is 5.27. The van der Waals surface area contributed by atoms with E-state index in [1.807, 2.05) is 0 Å². The van der Waals surface area contributed by atoms with Crippen LogP contribution in [0, 0.1) is 0 Å². The van der Waals surface area contributed by atoms with Crippen LogP contribution in [0.2, 0.25) is 0 Å². The maximum Gasteiger partial charge on any atom is 0.295 e. The summed E-state index contributed by atoms with van der Waals surface area (Å²) in [5.74, 6) is 0. The van der Waals surface area contributed by atoms with Crippen LogP contribution in [0.25, 0.3) is 0 Å². The van der Waals surface area contributed by atoms with Crippen LogP contribution in [0.4, 0.5) is 0 Å². The maximum absolute atomic E-state index is 12.1. The van der Waals surface area contributed by atoms with Crippen LogP contribution in [-0.4, -0.2) is 32.8 Å². The molecule has 0 aliphatic heterocycles. The molecule has 3 N–H and O–H groups in total. The molecule has 0 amide bonds. The minimum absolute atomic E-state index is 0.398. The van der Waals surface area contributed by atoms with Gasteiger partial charge in [-0.1, -0.05) is 23.6 Å². The summed E-state index contributed by atoms with van der Waals surface area (Å²) < 4.78 is 51.4. The zero-order chi connectivity index (χ0) is 18.8. The van der Waals surface area contributed by atoms with Gasteiger partial charge in [-0.2, -0.15) is 0 Å². The van der Waals surface area contributed by atoms with Crippen molar-refractivity contribution >= 4 is 19.9 Å². The summed E-state index contributed by atoms with van der Waals surface area (Å²) in [6.07, 6.45) is 3.34. The van der Waals surface area contributed by atoms with Gasteiger partial charge in [0.15, 0.2) is 0 Å². The molecule has 0 saturated carbocycles. The quantitative estimate of drug-likeness (QED) is 0.372. The van der Waals surface area contributed by atoms with Crippen molar-refractivity contribution in [2.45, 2.75) is 36.4 Å². The highest BCUT2D eigenvalue weighted by molar-refractivity contribution is 7.94. The highest BCUT2D eigenvalue weighted by Gasteiger charge is 2.24. The van der Waals surface area contributed by atoms with Gasteiger partial charge < -0.3 is 14.7 Å². The van der Waals surface area contributed by atoms with Crippen LogP contribution >= 0.6 is 0 Å². The Hall–Kier alpha value is -1.72. The number of nitrogens with one attached hydrogen (secondary N) is 1. The molecule has 0 spiro atoms. The lowest BCUT2D eigenvalue weighted by atomic mass is 9.90. The number of sulfonamides is 1. The number of sulfone groups is 1. The molecule has 0 aliphatic rings. The molecule has 0 aromatic carbocycles. The van der Waals surface area contributed by atoms with Gasteiger partial charge in [-0.15, -0.1) is 0 Å². The third kappa shape index (κ3) is 4.42. The molecular weight excluding hydrogens is 358 g/mol. The van der Waals surface area contributed by atoms with E-state index in [-0.39, 0.29) is 0 Å². The third-order valence-corrected chi connectivity index (χ3v) is 5.84. The number of hydrogen-bond donors (Lipinski definition) is 3. The molecule has 134 valence electrons. The van der Waals surface area contributed by atoms with Crippen LogP contribution in [-0.2, 0) is 19.9 Å². The zero-order valence-electron chi connectivity index (χ0n) is 13.3. The van der Waals surface area contributed by atoms with E-state index in [1.165, 1.54) is 19.1 Å². The minimum Gasteiger partial charge on any atom is -0.450 e. The molecule has 0 radical (unpaired) electrons. The topological polar surface area (TPSA) is 134 Å². The summed E-state index contributed by atoms with van der Waals surface area (Å²) >= 11 is 0. The predicted molar refractivity (Wildman–Crippen MR) is 86.3 cm³/mol. The molecule has 1 unspecified atom stereocenters. The molecule has 1 aromatic rings. The first kappa shape index (κ1) is 20.3. The van der Waals surface area contributed by atoms with E-state index in [4.69, 9.17) is 5.21 Å². The first-order valence-corrected chi connectivity index (χ1v) is 9.61. The smallest absolute Gasteiger partial charge is 0.295 e. The van der Waals surface area contributed by atoms with Crippen LogP contribution < -0.4 is 4.89 Å². The molecule has 1 heterocycles. The summed E-state index contributed by atoms with van der Waals surface area (Å²) in [5, 5.41) is 18.7. The second-order valence-corrected chi connectivity index (χ2v) is 8.70. The first-order chi connectivity index (χ1) is 10.8. The van der Waals surface area contributed by atoms with Crippen molar-refractivity contribution in [1.82, 2.24) is 4.89 Å². The van der Waals surface area contributed by atoms with Crippen molar-refractivity contribution in [2.24, 2.45) is 0 Å². The van der Waals surface area contributed by atoms with Gasteiger partial charge in [0, 0.05) is 11.5 Å². The monoisotopic (exact) mass is 377 g/mol.